The van der Waals surface area contributed by atoms with Crippen LogP contribution in [0.25, 0.3) is 11.0 Å². The molecule has 1 N–H and O–H groups in total. The van der Waals surface area contributed by atoms with Crippen molar-refractivity contribution >= 4 is 16.9 Å². The van der Waals surface area contributed by atoms with Crippen LogP contribution in [0.1, 0.15) is 23.7 Å². The topological polar surface area (TPSA) is 73.6 Å². The first-order valence-corrected chi connectivity index (χ1v) is 8.39. The number of fused-ring (bicyclic) bond motifs is 2. The lowest BCUT2D eigenvalue weighted by Gasteiger charge is -2.27. The van der Waals surface area contributed by atoms with E-state index in [9.17, 15) is 13.6 Å². The zero-order valence-corrected chi connectivity index (χ0v) is 14.4. The summed E-state index contributed by atoms with van der Waals surface area (Å²) in [6, 6.07) is 6.52. The van der Waals surface area contributed by atoms with Gasteiger partial charge in [0.05, 0.1) is 31.7 Å². The highest BCUT2D eigenvalue weighted by molar-refractivity contribution is 5.87. The summed E-state index contributed by atoms with van der Waals surface area (Å²) in [6.45, 7) is 0.183. The fourth-order valence-corrected chi connectivity index (χ4v) is 3.21. The molecule has 0 aliphatic carbocycles. The summed E-state index contributed by atoms with van der Waals surface area (Å²) in [5.41, 5.74) is 0.998. The number of carbonyl (C=O) groups is 1. The number of nitrogens with zero attached hydrogens (tertiary/aromatic N) is 1. The number of nitrogens with one attached hydrogen (secondary N) is 1. The predicted octanol–water partition coefficient (Wildman–Crippen LogP) is 3.30. The Bertz CT molecular complexity index is 1020. The average molecular weight is 374 g/mol. The van der Waals surface area contributed by atoms with Crippen LogP contribution in [0.2, 0.25) is 0 Å². The summed E-state index contributed by atoms with van der Waals surface area (Å²) in [4.78, 5) is 12.5. The minimum Gasteiger partial charge on any atom is -0.497 e. The quantitative estimate of drug-likeness (QED) is 0.759. The van der Waals surface area contributed by atoms with E-state index in [1.807, 2.05) is 0 Å². The van der Waals surface area contributed by atoms with E-state index in [1.165, 1.54) is 7.11 Å². The van der Waals surface area contributed by atoms with Crippen LogP contribution in [0.3, 0.4) is 0 Å². The molecule has 1 aliphatic heterocycles. The maximum absolute atomic E-state index is 14.2. The SMILES string of the molecule is COc1ccc2onc(CC(=O)N[C@@H]3CCOc4c(F)ccc(F)c43)c2c1. The Kier molecular flexibility index (Phi) is 4.39. The second-order valence-corrected chi connectivity index (χ2v) is 6.20. The number of hydrogen-bond donors (Lipinski definition) is 1. The Morgan fingerprint density at radius 2 is 2.11 bits per heavy atom. The van der Waals surface area contributed by atoms with Crippen molar-refractivity contribution in [2.24, 2.45) is 0 Å². The standard InChI is InChI=1S/C19H16F2N2O4/c1-25-10-2-5-16-11(8-10)15(23-27-16)9-17(24)22-14-6-7-26-19-13(21)4-3-12(20)18(14)19/h2-5,8,14H,6-7,9H2,1H3,(H,22,24)/t14-/m1/s1. The predicted molar refractivity (Wildman–Crippen MR) is 91.6 cm³/mol. The van der Waals surface area contributed by atoms with Crippen molar-refractivity contribution in [3.05, 3.63) is 53.2 Å². The summed E-state index contributed by atoms with van der Waals surface area (Å²) in [6.07, 6.45) is 0.274. The van der Waals surface area contributed by atoms with Crippen molar-refractivity contribution in [2.75, 3.05) is 13.7 Å². The number of hydrogen-bond acceptors (Lipinski definition) is 5. The molecule has 3 aromatic rings. The first-order valence-electron chi connectivity index (χ1n) is 8.39. The molecule has 1 atom stereocenters. The molecule has 8 heteroatoms. The highest BCUT2D eigenvalue weighted by Gasteiger charge is 2.29. The minimum absolute atomic E-state index is 0.0290. The van der Waals surface area contributed by atoms with Crippen LogP contribution in [0.5, 0.6) is 11.5 Å². The van der Waals surface area contributed by atoms with E-state index in [0.29, 0.717) is 28.8 Å². The second-order valence-electron chi connectivity index (χ2n) is 6.20. The van der Waals surface area contributed by atoms with Gasteiger partial charge < -0.3 is 19.3 Å². The number of carbonyl (C=O) groups excluding carboxylic acids is 1. The van der Waals surface area contributed by atoms with Gasteiger partial charge in [0.2, 0.25) is 5.91 Å². The van der Waals surface area contributed by atoms with Gasteiger partial charge >= 0.3 is 0 Å². The van der Waals surface area contributed by atoms with Gasteiger partial charge in [0.1, 0.15) is 17.3 Å². The van der Waals surface area contributed by atoms with Gasteiger partial charge in [-0.1, -0.05) is 5.16 Å². The number of methoxy groups -OCH3 is 1. The Labute approximate surface area is 153 Å². The fourth-order valence-electron chi connectivity index (χ4n) is 3.21. The van der Waals surface area contributed by atoms with Gasteiger partial charge in [0.15, 0.2) is 17.1 Å². The van der Waals surface area contributed by atoms with Crippen LogP contribution in [-0.4, -0.2) is 24.8 Å². The number of benzene rings is 2. The Balaban J connectivity index is 1.56. The maximum atomic E-state index is 14.2. The van der Waals surface area contributed by atoms with Crippen molar-refractivity contribution in [3.63, 3.8) is 0 Å². The largest absolute Gasteiger partial charge is 0.497 e. The molecule has 140 valence electrons. The number of halogens is 2. The molecular formula is C19H16F2N2O4. The lowest BCUT2D eigenvalue weighted by Crippen LogP contribution is -2.34. The smallest absolute Gasteiger partial charge is 0.226 e. The molecular weight excluding hydrogens is 358 g/mol. The van der Waals surface area contributed by atoms with E-state index in [2.05, 4.69) is 10.5 Å². The average Bonchev–Trinajstić information content (AvgIpc) is 3.06. The first kappa shape index (κ1) is 17.3. The van der Waals surface area contributed by atoms with Crippen LogP contribution >= 0.6 is 0 Å². The van der Waals surface area contributed by atoms with E-state index >= 15 is 0 Å². The molecule has 1 aliphatic rings. The van der Waals surface area contributed by atoms with Crippen LogP contribution in [0.4, 0.5) is 8.78 Å². The number of aromatic nitrogens is 1. The van der Waals surface area contributed by atoms with E-state index in [-0.39, 0.29) is 30.2 Å². The summed E-state index contributed by atoms with van der Waals surface area (Å²) in [5, 5.41) is 7.33. The molecule has 1 aromatic heterocycles. The third-order valence-electron chi connectivity index (χ3n) is 4.51. The van der Waals surface area contributed by atoms with Crippen molar-refractivity contribution < 1.29 is 27.6 Å². The molecule has 0 unspecified atom stereocenters. The minimum atomic E-state index is -0.676. The fraction of sp³-hybridized carbons (Fsp3) is 0.263. The Morgan fingerprint density at radius 1 is 1.30 bits per heavy atom. The molecule has 27 heavy (non-hydrogen) atoms. The van der Waals surface area contributed by atoms with E-state index < -0.39 is 17.7 Å². The number of rotatable bonds is 4. The Hall–Kier alpha value is -3.16. The van der Waals surface area contributed by atoms with Crippen LogP contribution in [0.15, 0.2) is 34.9 Å². The van der Waals surface area contributed by atoms with Gasteiger partial charge in [-0.3, -0.25) is 4.79 Å². The molecule has 1 amide bonds. The van der Waals surface area contributed by atoms with E-state index in [4.69, 9.17) is 14.0 Å². The van der Waals surface area contributed by atoms with Crippen LogP contribution < -0.4 is 14.8 Å². The highest BCUT2D eigenvalue weighted by atomic mass is 19.1. The monoisotopic (exact) mass is 374 g/mol. The van der Waals surface area contributed by atoms with Crippen molar-refractivity contribution in [2.45, 2.75) is 18.9 Å². The van der Waals surface area contributed by atoms with Crippen LogP contribution in [-0.2, 0) is 11.2 Å². The van der Waals surface area contributed by atoms with Gasteiger partial charge in [0.25, 0.3) is 0 Å². The second kappa shape index (κ2) is 6.86. The summed E-state index contributed by atoms with van der Waals surface area (Å²) >= 11 is 0. The van der Waals surface area contributed by atoms with Crippen molar-refractivity contribution in [1.29, 1.82) is 0 Å². The summed E-state index contributed by atoms with van der Waals surface area (Å²) in [7, 11) is 1.54. The van der Waals surface area contributed by atoms with Crippen LogP contribution in [0, 0.1) is 11.6 Å². The van der Waals surface area contributed by atoms with Gasteiger partial charge in [-0.05, 0) is 30.3 Å². The third-order valence-corrected chi connectivity index (χ3v) is 4.51. The van der Waals surface area contributed by atoms with Crippen molar-refractivity contribution in [1.82, 2.24) is 10.5 Å². The molecule has 4 rings (SSSR count). The van der Waals surface area contributed by atoms with Gasteiger partial charge in [-0.15, -0.1) is 0 Å². The maximum Gasteiger partial charge on any atom is 0.226 e. The van der Waals surface area contributed by atoms with Gasteiger partial charge in [-0.2, -0.15) is 0 Å². The molecule has 0 radical (unpaired) electrons. The van der Waals surface area contributed by atoms with Gasteiger partial charge in [-0.25, -0.2) is 8.78 Å². The molecule has 0 saturated carbocycles. The zero-order valence-electron chi connectivity index (χ0n) is 14.4. The third kappa shape index (κ3) is 3.18. The summed E-state index contributed by atoms with van der Waals surface area (Å²) < 4.78 is 43.7. The summed E-state index contributed by atoms with van der Waals surface area (Å²) in [5.74, 6) is -1.19. The number of ether oxygens (including phenoxy) is 2. The molecule has 6 nitrogen and oxygen atoms in total. The first-order chi connectivity index (χ1) is 13.1. The Morgan fingerprint density at radius 3 is 2.93 bits per heavy atom. The van der Waals surface area contributed by atoms with E-state index in [1.54, 1.807) is 18.2 Å². The molecule has 0 spiro atoms. The lowest BCUT2D eigenvalue weighted by atomic mass is 9.99. The highest BCUT2D eigenvalue weighted by Crippen LogP contribution is 2.36. The normalized spacial score (nSPS) is 15.9. The molecule has 2 heterocycles. The molecule has 0 saturated heterocycles. The number of amides is 1. The van der Waals surface area contributed by atoms with Gasteiger partial charge in [0, 0.05) is 11.8 Å². The zero-order chi connectivity index (χ0) is 19.0. The molecule has 2 aromatic carbocycles. The lowest BCUT2D eigenvalue weighted by molar-refractivity contribution is -0.121. The molecule has 0 bridgehead atoms. The van der Waals surface area contributed by atoms with Crippen molar-refractivity contribution in [3.8, 4) is 11.5 Å². The van der Waals surface area contributed by atoms with E-state index in [0.717, 1.165) is 12.1 Å². The molecule has 0 fully saturated rings.